The lowest BCUT2D eigenvalue weighted by Crippen LogP contribution is -2.06. The predicted octanol–water partition coefficient (Wildman–Crippen LogP) is -0.916. The molecule has 5 nitrogen and oxygen atoms in total. The minimum atomic E-state index is -0.972. The maximum absolute atomic E-state index is 9.06. The highest BCUT2D eigenvalue weighted by atomic mass is 16.3. The van der Waals surface area contributed by atoms with Crippen LogP contribution in [0.2, 0.25) is 0 Å². The average Bonchev–Trinajstić information content (AvgIpc) is 2.03. The molecule has 0 bridgehead atoms. The molecule has 1 rings (SSSR count). The fourth-order valence-electron chi connectivity index (χ4n) is 0.664. The van der Waals surface area contributed by atoms with Crippen molar-refractivity contribution in [2.75, 3.05) is 12.3 Å². The number of anilines is 1. The first-order valence-corrected chi connectivity index (χ1v) is 3.10. The molecule has 0 aromatic carbocycles. The maximum atomic E-state index is 9.06. The molecule has 0 aliphatic heterocycles. The molecule has 1 atom stereocenters. The second-order valence-electron chi connectivity index (χ2n) is 2.07. The zero-order valence-electron chi connectivity index (χ0n) is 5.81. The number of aromatic nitrogens is 2. The summed E-state index contributed by atoms with van der Waals surface area (Å²) in [6.07, 6.45) is 0.268. The lowest BCUT2D eigenvalue weighted by atomic mass is 10.2. The van der Waals surface area contributed by atoms with Gasteiger partial charge in [-0.25, -0.2) is 9.97 Å². The minimum absolute atomic E-state index is 0.280. The molecule has 1 unspecified atom stereocenters. The van der Waals surface area contributed by atoms with E-state index < -0.39 is 6.10 Å². The average molecular weight is 155 g/mol. The van der Waals surface area contributed by atoms with E-state index in [1.54, 1.807) is 0 Å². The predicted molar refractivity (Wildman–Crippen MR) is 38.5 cm³/mol. The van der Waals surface area contributed by atoms with E-state index in [1.807, 2.05) is 0 Å². The van der Waals surface area contributed by atoms with Crippen LogP contribution in [0.4, 0.5) is 5.82 Å². The lowest BCUT2D eigenvalue weighted by molar-refractivity contribution is 0.0922. The zero-order valence-corrected chi connectivity index (χ0v) is 5.81. The van der Waals surface area contributed by atoms with Crippen LogP contribution < -0.4 is 5.73 Å². The van der Waals surface area contributed by atoms with Crippen LogP contribution in [-0.2, 0) is 0 Å². The van der Waals surface area contributed by atoms with Gasteiger partial charge in [0, 0.05) is 6.07 Å². The Balaban J connectivity index is 2.86. The highest BCUT2D eigenvalue weighted by molar-refractivity contribution is 5.28. The van der Waals surface area contributed by atoms with E-state index in [4.69, 9.17) is 15.9 Å². The zero-order chi connectivity index (χ0) is 8.27. The molecule has 4 N–H and O–H groups in total. The Labute approximate surface area is 63.5 Å². The first-order valence-electron chi connectivity index (χ1n) is 3.10. The molecule has 1 aromatic heterocycles. The van der Waals surface area contributed by atoms with E-state index in [9.17, 15) is 0 Å². The monoisotopic (exact) mass is 155 g/mol. The summed E-state index contributed by atoms with van der Waals surface area (Å²) in [6.45, 7) is -0.365. The Bertz CT molecular complexity index is 241. The third kappa shape index (κ3) is 1.86. The summed E-state index contributed by atoms with van der Waals surface area (Å²) in [5, 5.41) is 17.6. The van der Waals surface area contributed by atoms with E-state index in [2.05, 4.69) is 9.97 Å². The number of hydrogen-bond donors (Lipinski definition) is 3. The van der Waals surface area contributed by atoms with Crippen molar-refractivity contribution in [3.05, 3.63) is 18.1 Å². The van der Waals surface area contributed by atoms with Gasteiger partial charge in [0.2, 0.25) is 0 Å². The molecule has 0 amide bonds. The van der Waals surface area contributed by atoms with Crippen molar-refractivity contribution in [1.29, 1.82) is 0 Å². The van der Waals surface area contributed by atoms with Crippen LogP contribution in [0.25, 0.3) is 0 Å². The van der Waals surface area contributed by atoms with Crippen molar-refractivity contribution >= 4 is 5.82 Å². The first kappa shape index (κ1) is 7.90. The third-order valence-electron chi connectivity index (χ3n) is 1.22. The standard InChI is InChI=1S/C6H9N3O2/c7-6-1-4(5(11)2-10)8-3-9-6/h1,3,5,10-11H,2H2,(H2,7,8,9). The van der Waals surface area contributed by atoms with E-state index in [0.717, 1.165) is 0 Å². The Morgan fingerprint density at radius 1 is 1.55 bits per heavy atom. The van der Waals surface area contributed by atoms with Gasteiger partial charge in [-0.2, -0.15) is 0 Å². The number of aliphatic hydroxyl groups is 2. The maximum Gasteiger partial charge on any atom is 0.127 e. The van der Waals surface area contributed by atoms with Gasteiger partial charge in [-0.05, 0) is 0 Å². The van der Waals surface area contributed by atoms with Gasteiger partial charge in [0.05, 0.1) is 12.3 Å². The highest BCUT2D eigenvalue weighted by Gasteiger charge is 2.06. The van der Waals surface area contributed by atoms with Gasteiger partial charge in [-0.1, -0.05) is 0 Å². The molecule has 0 spiro atoms. The molecule has 0 saturated carbocycles. The largest absolute Gasteiger partial charge is 0.393 e. The van der Waals surface area contributed by atoms with Gasteiger partial charge >= 0.3 is 0 Å². The fraction of sp³-hybridized carbons (Fsp3) is 0.333. The fourth-order valence-corrected chi connectivity index (χ4v) is 0.664. The van der Waals surface area contributed by atoms with E-state index in [1.165, 1.54) is 12.4 Å². The summed E-state index contributed by atoms with van der Waals surface area (Å²) in [4.78, 5) is 7.34. The molecular weight excluding hydrogens is 146 g/mol. The summed E-state index contributed by atoms with van der Waals surface area (Å²) in [7, 11) is 0. The molecule has 1 aromatic rings. The summed E-state index contributed by atoms with van der Waals surface area (Å²) >= 11 is 0. The van der Waals surface area contributed by atoms with Crippen LogP contribution in [0, 0.1) is 0 Å². The van der Waals surface area contributed by atoms with Crippen molar-refractivity contribution in [3.63, 3.8) is 0 Å². The lowest BCUT2D eigenvalue weighted by Gasteiger charge is -2.04. The molecule has 5 heteroatoms. The number of nitrogens with two attached hydrogens (primary N) is 1. The van der Waals surface area contributed by atoms with Crippen molar-refractivity contribution in [1.82, 2.24) is 9.97 Å². The van der Waals surface area contributed by atoms with Crippen molar-refractivity contribution in [2.24, 2.45) is 0 Å². The third-order valence-corrected chi connectivity index (χ3v) is 1.22. The van der Waals surface area contributed by atoms with Gasteiger partial charge in [0.1, 0.15) is 18.2 Å². The molecule has 11 heavy (non-hydrogen) atoms. The molecular formula is C6H9N3O2. The Hall–Kier alpha value is -1.20. The summed E-state index contributed by atoms with van der Waals surface area (Å²) < 4.78 is 0. The Morgan fingerprint density at radius 3 is 2.82 bits per heavy atom. The van der Waals surface area contributed by atoms with E-state index in [-0.39, 0.29) is 12.4 Å². The Morgan fingerprint density at radius 2 is 2.27 bits per heavy atom. The highest BCUT2D eigenvalue weighted by Crippen LogP contribution is 2.09. The van der Waals surface area contributed by atoms with Crippen molar-refractivity contribution < 1.29 is 10.2 Å². The van der Waals surface area contributed by atoms with Crippen LogP contribution >= 0.6 is 0 Å². The van der Waals surface area contributed by atoms with E-state index in [0.29, 0.717) is 5.69 Å². The Kier molecular flexibility index (Phi) is 2.35. The topological polar surface area (TPSA) is 92.3 Å². The molecule has 0 fully saturated rings. The van der Waals surface area contributed by atoms with Gasteiger partial charge in [-0.15, -0.1) is 0 Å². The minimum Gasteiger partial charge on any atom is -0.393 e. The summed E-state index contributed by atoms with van der Waals surface area (Å²) in [5.74, 6) is 0.280. The number of aliphatic hydroxyl groups excluding tert-OH is 2. The smallest absolute Gasteiger partial charge is 0.127 e. The van der Waals surface area contributed by atoms with Crippen LogP contribution in [0.15, 0.2) is 12.4 Å². The second-order valence-corrected chi connectivity index (χ2v) is 2.07. The summed E-state index contributed by atoms with van der Waals surface area (Å²) in [6, 6.07) is 1.42. The van der Waals surface area contributed by atoms with Crippen LogP contribution in [0.3, 0.4) is 0 Å². The normalized spacial score (nSPS) is 12.9. The molecule has 1 heterocycles. The van der Waals surface area contributed by atoms with Crippen molar-refractivity contribution in [3.8, 4) is 0 Å². The molecule has 0 aliphatic carbocycles. The molecule has 60 valence electrons. The van der Waals surface area contributed by atoms with Crippen LogP contribution in [0.5, 0.6) is 0 Å². The number of rotatable bonds is 2. The van der Waals surface area contributed by atoms with Gasteiger partial charge in [-0.3, -0.25) is 0 Å². The second kappa shape index (κ2) is 3.27. The van der Waals surface area contributed by atoms with Gasteiger partial charge < -0.3 is 15.9 Å². The first-order chi connectivity index (χ1) is 5.24. The van der Waals surface area contributed by atoms with Gasteiger partial charge in [0.15, 0.2) is 0 Å². The molecule has 0 saturated heterocycles. The van der Waals surface area contributed by atoms with Crippen LogP contribution in [-0.4, -0.2) is 26.8 Å². The van der Waals surface area contributed by atoms with Gasteiger partial charge in [0.25, 0.3) is 0 Å². The van der Waals surface area contributed by atoms with Crippen molar-refractivity contribution in [2.45, 2.75) is 6.10 Å². The SMILES string of the molecule is Nc1cc(C(O)CO)ncn1. The molecule has 0 radical (unpaired) electrons. The van der Waals surface area contributed by atoms with E-state index >= 15 is 0 Å². The quantitative estimate of drug-likeness (QED) is 0.514. The van der Waals surface area contributed by atoms with Crippen LogP contribution in [0.1, 0.15) is 11.8 Å². The number of nitrogens with zero attached hydrogens (tertiary/aromatic N) is 2. The summed E-state index contributed by atoms with van der Waals surface area (Å²) in [5.41, 5.74) is 5.64. The number of hydrogen-bond acceptors (Lipinski definition) is 5. The number of nitrogen functional groups attached to an aromatic ring is 1. The molecule has 0 aliphatic rings.